The zero-order chi connectivity index (χ0) is 20.3. The van der Waals surface area contributed by atoms with Crippen LogP contribution in [0.4, 0.5) is 0 Å². The van der Waals surface area contributed by atoms with Crippen LogP contribution in [0.2, 0.25) is 0 Å². The van der Waals surface area contributed by atoms with Crippen LogP contribution in [0.3, 0.4) is 0 Å². The van der Waals surface area contributed by atoms with Crippen LogP contribution in [0.15, 0.2) is 52.8 Å². The Morgan fingerprint density at radius 2 is 1.82 bits per heavy atom. The molecule has 3 aromatic rings. The van der Waals surface area contributed by atoms with Crippen molar-refractivity contribution in [2.75, 3.05) is 7.11 Å². The summed E-state index contributed by atoms with van der Waals surface area (Å²) in [6.45, 7) is 2.51. The van der Waals surface area contributed by atoms with Crippen molar-refractivity contribution < 1.29 is 28.4 Å². The average Bonchev–Trinajstić information content (AvgIpc) is 2.68. The molecule has 1 atom stereocenters. The number of esters is 2. The van der Waals surface area contributed by atoms with Crippen molar-refractivity contribution in [2.24, 2.45) is 0 Å². The van der Waals surface area contributed by atoms with Crippen LogP contribution in [-0.2, 0) is 20.8 Å². The molecule has 3 rings (SSSR count). The Morgan fingerprint density at radius 1 is 1.07 bits per heavy atom. The van der Waals surface area contributed by atoms with E-state index in [1.165, 1.54) is 45.6 Å². The molecule has 1 aromatic heterocycles. The highest BCUT2D eigenvalue weighted by Gasteiger charge is 2.26. The second-order valence-corrected chi connectivity index (χ2v) is 6.98. The summed E-state index contributed by atoms with van der Waals surface area (Å²) in [5.74, 6) is -0.645. The second-order valence-electron chi connectivity index (χ2n) is 5.59. The zero-order valence-corrected chi connectivity index (χ0v) is 16.1. The van der Waals surface area contributed by atoms with E-state index in [9.17, 15) is 14.1 Å². The van der Waals surface area contributed by atoms with Gasteiger partial charge in [-0.3, -0.25) is 9.59 Å². The number of hydrogen-bond acceptors (Lipinski definition) is 8. The van der Waals surface area contributed by atoms with Crippen LogP contribution in [0, 0.1) is 0 Å². The van der Waals surface area contributed by atoms with E-state index in [2.05, 4.69) is 9.97 Å². The molecule has 2 aromatic carbocycles. The van der Waals surface area contributed by atoms with Gasteiger partial charge in [-0.2, -0.15) is 4.98 Å². The first-order chi connectivity index (χ1) is 13.4. The number of fused-ring (bicyclic) bond motifs is 1. The zero-order valence-electron chi connectivity index (χ0n) is 15.3. The molecule has 0 spiro atoms. The van der Waals surface area contributed by atoms with Crippen molar-refractivity contribution in [2.45, 2.75) is 23.8 Å². The van der Waals surface area contributed by atoms with Gasteiger partial charge in [0.1, 0.15) is 12.1 Å². The fraction of sp³-hybridized carbons (Fsp3) is 0.158. The van der Waals surface area contributed by atoms with E-state index in [1.807, 2.05) is 0 Å². The first-order valence-corrected chi connectivity index (χ1v) is 9.25. The van der Waals surface area contributed by atoms with Gasteiger partial charge in [0.05, 0.1) is 12.5 Å². The Labute approximate surface area is 163 Å². The maximum absolute atomic E-state index is 13.1. The summed E-state index contributed by atoms with van der Waals surface area (Å²) in [5.41, 5.74) is 0. The molecule has 1 unspecified atom stereocenters. The molecule has 0 saturated heterocycles. The average molecular weight is 400 g/mol. The number of aromatic nitrogens is 2. The van der Waals surface area contributed by atoms with Gasteiger partial charge in [0.15, 0.2) is 16.4 Å². The highest BCUT2D eigenvalue weighted by Crippen LogP contribution is 2.45. The minimum Gasteiger partial charge on any atom is -0.605 e. The van der Waals surface area contributed by atoms with E-state index in [1.54, 1.807) is 18.2 Å². The van der Waals surface area contributed by atoms with Gasteiger partial charge in [0.25, 0.3) is 5.03 Å². The Kier molecular flexibility index (Phi) is 5.76. The number of rotatable bonds is 5. The van der Waals surface area contributed by atoms with E-state index < -0.39 is 23.1 Å². The lowest BCUT2D eigenvalue weighted by Gasteiger charge is -2.17. The summed E-state index contributed by atoms with van der Waals surface area (Å²) in [6.07, 6.45) is 2.77. The largest absolute Gasteiger partial charge is 0.605 e. The van der Waals surface area contributed by atoms with Gasteiger partial charge in [-0.1, -0.05) is 6.07 Å². The first-order valence-electron chi connectivity index (χ1n) is 8.10. The van der Waals surface area contributed by atoms with Crippen molar-refractivity contribution in [3.8, 4) is 17.2 Å². The summed E-state index contributed by atoms with van der Waals surface area (Å²) in [4.78, 5) is 31.4. The van der Waals surface area contributed by atoms with Crippen molar-refractivity contribution in [1.82, 2.24) is 9.97 Å². The Balaban J connectivity index is 2.33. The molecule has 0 radical (unpaired) electrons. The number of carbonyl (C=O) groups is 2. The lowest BCUT2D eigenvalue weighted by molar-refractivity contribution is -0.133. The van der Waals surface area contributed by atoms with Crippen LogP contribution in [0.5, 0.6) is 17.2 Å². The first kappa shape index (κ1) is 19.6. The molecule has 0 aliphatic rings. The van der Waals surface area contributed by atoms with Crippen LogP contribution in [0.1, 0.15) is 13.8 Å². The van der Waals surface area contributed by atoms with Gasteiger partial charge >= 0.3 is 11.9 Å². The maximum Gasteiger partial charge on any atom is 0.308 e. The third kappa shape index (κ3) is 3.90. The Hall–Kier alpha value is -3.17. The molecule has 0 fully saturated rings. The molecule has 1 heterocycles. The summed E-state index contributed by atoms with van der Waals surface area (Å²) < 4.78 is 29.1. The minimum atomic E-state index is -1.70. The van der Waals surface area contributed by atoms with Gasteiger partial charge in [-0.15, -0.1) is 0 Å². The molecule has 0 aliphatic heterocycles. The van der Waals surface area contributed by atoms with Crippen LogP contribution >= 0.6 is 0 Å². The van der Waals surface area contributed by atoms with Crippen LogP contribution in [-0.4, -0.2) is 33.6 Å². The number of benzene rings is 2. The maximum atomic E-state index is 13.1. The third-order valence-corrected chi connectivity index (χ3v) is 5.03. The number of carbonyl (C=O) groups excluding carboxylic acids is 2. The van der Waals surface area contributed by atoms with Crippen molar-refractivity contribution in [3.63, 3.8) is 0 Å². The molecule has 28 heavy (non-hydrogen) atoms. The molecule has 0 aliphatic carbocycles. The summed E-state index contributed by atoms with van der Waals surface area (Å²) in [7, 11) is 1.40. The van der Waals surface area contributed by atoms with Crippen LogP contribution in [0.25, 0.3) is 10.8 Å². The lowest BCUT2D eigenvalue weighted by atomic mass is 10.1. The van der Waals surface area contributed by atoms with Crippen molar-refractivity contribution in [1.29, 1.82) is 0 Å². The predicted molar refractivity (Wildman–Crippen MR) is 99.8 cm³/mol. The fourth-order valence-corrected chi connectivity index (χ4v) is 3.81. The quantitative estimate of drug-likeness (QED) is 0.278. The molecule has 8 nitrogen and oxygen atoms in total. The molecule has 0 bridgehead atoms. The molecular weight excluding hydrogens is 384 g/mol. The monoisotopic (exact) mass is 400 g/mol. The third-order valence-electron chi connectivity index (χ3n) is 3.67. The van der Waals surface area contributed by atoms with E-state index in [-0.39, 0.29) is 22.3 Å². The topological polar surface area (TPSA) is 111 Å². The van der Waals surface area contributed by atoms with E-state index in [4.69, 9.17) is 14.2 Å². The summed E-state index contributed by atoms with van der Waals surface area (Å²) in [6, 6.07) is 7.88. The van der Waals surface area contributed by atoms with E-state index in [0.717, 1.165) is 0 Å². The highest BCUT2D eigenvalue weighted by atomic mass is 32.2. The standard InChI is InChI=1S/C19H16N2O6S/c1-11(22)26-14-9-15(25-3)19(27-12(2)23)13-5-4-6-16(18(13)14)28(24)17-7-8-20-10-21-17/h4-10H,1-3H3. The molecule has 0 amide bonds. The van der Waals surface area contributed by atoms with Gasteiger partial charge in [-0.05, 0) is 12.1 Å². The van der Waals surface area contributed by atoms with Gasteiger partial charge < -0.3 is 18.8 Å². The van der Waals surface area contributed by atoms with Gasteiger partial charge in [0.2, 0.25) is 0 Å². The van der Waals surface area contributed by atoms with Gasteiger partial charge in [0, 0.05) is 48.7 Å². The lowest BCUT2D eigenvalue weighted by Crippen LogP contribution is -2.10. The van der Waals surface area contributed by atoms with E-state index in [0.29, 0.717) is 15.7 Å². The SMILES string of the molecule is COc1cc(OC(C)=O)c2c([S+]([O-])c3ccncn3)cccc2c1OC(C)=O. The fourth-order valence-electron chi connectivity index (χ4n) is 2.66. The van der Waals surface area contributed by atoms with E-state index >= 15 is 0 Å². The Morgan fingerprint density at radius 3 is 2.43 bits per heavy atom. The summed E-state index contributed by atoms with van der Waals surface area (Å²) >= 11 is -1.70. The predicted octanol–water partition coefficient (Wildman–Crippen LogP) is 2.66. The highest BCUT2D eigenvalue weighted by molar-refractivity contribution is 7.91. The van der Waals surface area contributed by atoms with Crippen molar-refractivity contribution >= 4 is 33.9 Å². The normalized spacial score (nSPS) is 11.7. The molecular formula is C19H16N2O6S. The molecule has 144 valence electrons. The van der Waals surface area contributed by atoms with Crippen molar-refractivity contribution in [3.05, 3.63) is 42.9 Å². The Bertz CT molecular complexity index is 1040. The number of methoxy groups -OCH3 is 1. The number of hydrogen-bond donors (Lipinski definition) is 0. The summed E-state index contributed by atoms with van der Waals surface area (Å²) in [5, 5.41) is 1.04. The second kappa shape index (κ2) is 8.24. The number of nitrogens with zero attached hydrogens (tertiary/aromatic N) is 2. The minimum absolute atomic E-state index is 0.133. The van der Waals surface area contributed by atoms with Crippen LogP contribution < -0.4 is 14.2 Å². The molecule has 9 heteroatoms. The molecule has 0 N–H and O–H groups in total. The van der Waals surface area contributed by atoms with Gasteiger partial charge in [-0.25, -0.2) is 4.98 Å². The smallest absolute Gasteiger partial charge is 0.308 e. The molecule has 0 saturated carbocycles. The number of ether oxygens (including phenoxy) is 3.